The first-order valence-electron chi connectivity index (χ1n) is 4.77. The van der Waals surface area contributed by atoms with E-state index in [1.165, 1.54) is 0 Å². The lowest BCUT2D eigenvalue weighted by Crippen LogP contribution is -2.12. The Bertz CT molecular complexity index is 437. The summed E-state index contributed by atoms with van der Waals surface area (Å²) in [6.45, 7) is 2.37. The number of nitrogens with two attached hydrogens (primary N) is 1. The predicted molar refractivity (Wildman–Crippen MR) is 64.3 cm³/mol. The number of aliphatic imine (C=N–C) groups is 1. The second-order valence-corrected chi connectivity index (χ2v) is 3.23. The average molecular weight is 238 g/mol. The molecule has 0 amide bonds. The molecule has 0 spiro atoms. The molecule has 4 nitrogen and oxygen atoms in total. The van der Waals surface area contributed by atoms with Crippen LogP contribution in [0.5, 0.6) is 5.75 Å². The van der Waals surface area contributed by atoms with Gasteiger partial charge in [-0.3, -0.25) is 0 Å². The smallest absolute Gasteiger partial charge is 0.137 e. The molecule has 84 valence electrons. The minimum absolute atomic E-state index is 0.162. The molecule has 0 unspecified atom stereocenters. The first kappa shape index (κ1) is 12.3. The zero-order valence-corrected chi connectivity index (χ0v) is 9.66. The highest BCUT2D eigenvalue weighted by Crippen LogP contribution is 2.23. The van der Waals surface area contributed by atoms with Crippen LogP contribution in [0, 0.1) is 11.3 Å². The van der Waals surface area contributed by atoms with Crippen LogP contribution in [-0.2, 0) is 0 Å². The molecule has 0 saturated heterocycles. The second kappa shape index (κ2) is 5.99. The lowest BCUT2D eigenvalue weighted by atomic mass is 10.2. The van der Waals surface area contributed by atoms with E-state index in [2.05, 4.69) is 4.99 Å². The fraction of sp³-hybridized carbons (Fsp3) is 0.273. The van der Waals surface area contributed by atoms with Crippen molar-refractivity contribution in [3.05, 3.63) is 23.8 Å². The van der Waals surface area contributed by atoms with Gasteiger partial charge in [0, 0.05) is 0 Å². The van der Waals surface area contributed by atoms with Crippen LogP contribution in [0.15, 0.2) is 23.2 Å². The Labute approximate surface area is 99.3 Å². The minimum atomic E-state index is 0.162. The highest BCUT2D eigenvalue weighted by Gasteiger charge is 2.03. The normalized spacial score (nSPS) is 10.9. The largest absolute Gasteiger partial charge is 0.492 e. The highest BCUT2D eigenvalue weighted by atomic mass is 35.5. The molecule has 5 heteroatoms. The maximum absolute atomic E-state index is 8.93. The Morgan fingerprint density at radius 3 is 2.94 bits per heavy atom. The highest BCUT2D eigenvalue weighted by molar-refractivity contribution is 6.28. The number of alkyl halides is 1. The maximum atomic E-state index is 8.93. The summed E-state index contributed by atoms with van der Waals surface area (Å²) in [4.78, 5) is 4.04. The zero-order chi connectivity index (χ0) is 12.0. The van der Waals surface area contributed by atoms with Crippen LogP contribution >= 0.6 is 11.6 Å². The number of rotatable bonds is 4. The summed E-state index contributed by atoms with van der Waals surface area (Å²) >= 11 is 5.51. The topological polar surface area (TPSA) is 71.4 Å². The van der Waals surface area contributed by atoms with Gasteiger partial charge in [0.2, 0.25) is 0 Å². The number of hydrogen-bond donors (Lipinski definition) is 1. The van der Waals surface area contributed by atoms with Crippen molar-refractivity contribution in [3.63, 3.8) is 0 Å². The lowest BCUT2D eigenvalue weighted by molar-refractivity contribution is 0.339. The van der Waals surface area contributed by atoms with Crippen molar-refractivity contribution < 1.29 is 4.74 Å². The van der Waals surface area contributed by atoms with E-state index < -0.39 is 0 Å². The molecule has 1 aromatic rings. The Morgan fingerprint density at radius 1 is 1.62 bits per heavy atom. The molecule has 0 heterocycles. The lowest BCUT2D eigenvalue weighted by Gasteiger charge is -2.05. The molecule has 0 aliphatic rings. The summed E-state index contributed by atoms with van der Waals surface area (Å²) in [5.41, 5.74) is 6.53. The summed E-state index contributed by atoms with van der Waals surface area (Å²) < 4.78 is 5.29. The van der Waals surface area contributed by atoms with Crippen LogP contribution < -0.4 is 10.5 Å². The van der Waals surface area contributed by atoms with E-state index in [9.17, 15) is 0 Å². The molecule has 1 rings (SSSR count). The van der Waals surface area contributed by atoms with E-state index in [1.54, 1.807) is 18.2 Å². The van der Waals surface area contributed by atoms with Crippen molar-refractivity contribution >= 4 is 23.1 Å². The quantitative estimate of drug-likeness (QED) is 0.496. The van der Waals surface area contributed by atoms with Crippen molar-refractivity contribution in [2.24, 2.45) is 10.7 Å². The second-order valence-electron chi connectivity index (χ2n) is 2.96. The minimum Gasteiger partial charge on any atom is -0.492 e. The number of halogens is 1. The fourth-order valence-corrected chi connectivity index (χ4v) is 1.21. The molecule has 0 aliphatic heterocycles. The molecule has 2 N–H and O–H groups in total. The molecule has 1 aromatic carbocycles. The summed E-state index contributed by atoms with van der Waals surface area (Å²) in [6, 6.07) is 7.08. The third kappa shape index (κ3) is 3.14. The van der Waals surface area contributed by atoms with Crippen molar-refractivity contribution in [2.75, 3.05) is 12.5 Å². The van der Waals surface area contributed by atoms with E-state index in [0.29, 0.717) is 29.4 Å². The van der Waals surface area contributed by atoms with Crippen LogP contribution in [0.2, 0.25) is 0 Å². The number of amidine groups is 1. The molecule has 0 atom stereocenters. The van der Waals surface area contributed by atoms with Gasteiger partial charge >= 0.3 is 0 Å². The Hall–Kier alpha value is -1.73. The molecular formula is C11H12ClN3O. The van der Waals surface area contributed by atoms with Crippen molar-refractivity contribution in [1.29, 1.82) is 5.26 Å². The fourth-order valence-electron chi connectivity index (χ4n) is 1.15. The third-order valence-corrected chi connectivity index (χ3v) is 2.07. The summed E-state index contributed by atoms with van der Waals surface area (Å²) in [5.74, 6) is 1.03. The van der Waals surface area contributed by atoms with Crippen molar-refractivity contribution in [3.8, 4) is 11.8 Å². The van der Waals surface area contributed by atoms with Crippen molar-refractivity contribution in [1.82, 2.24) is 0 Å². The van der Waals surface area contributed by atoms with Gasteiger partial charge in [0.15, 0.2) is 0 Å². The Kier molecular flexibility index (Phi) is 4.62. The van der Waals surface area contributed by atoms with Gasteiger partial charge in [-0.1, -0.05) is 0 Å². The molecular weight excluding hydrogens is 226 g/mol. The predicted octanol–water partition coefficient (Wildman–Crippen LogP) is 2.18. The number of nitrogens with zero attached hydrogens (tertiary/aromatic N) is 2. The van der Waals surface area contributed by atoms with Crippen LogP contribution in [0.3, 0.4) is 0 Å². The van der Waals surface area contributed by atoms with Crippen LogP contribution in [0.1, 0.15) is 12.5 Å². The number of hydrogen-bond acceptors (Lipinski definition) is 3. The zero-order valence-electron chi connectivity index (χ0n) is 8.90. The summed E-state index contributed by atoms with van der Waals surface area (Å²) in [6.07, 6.45) is 0. The standard InChI is InChI=1S/C11H12ClN3O/c1-2-16-10-4-3-9(5-8(10)7-13)15-11(14)6-12/h3-5H,2,6H2,1H3,(H2,14,15). The van der Waals surface area contributed by atoms with E-state index in [1.807, 2.05) is 13.0 Å². The monoisotopic (exact) mass is 237 g/mol. The Balaban J connectivity index is 3.05. The molecule has 0 saturated carbocycles. The van der Waals surface area contributed by atoms with Gasteiger partial charge in [-0.25, -0.2) is 4.99 Å². The third-order valence-electron chi connectivity index (χ3n) is 1.79. The van der Waals surface area contributed by atoms with Gasteiger partial charge in [0.25, 0.3) is 0 Å². The summed E-state index contributed by atoms with van der Waals surface area (Å²) in [5, 5.41) is 8.93. The molecule has 0 fully saturated rings. The van der Waals surface area contributed by atoms with E-state index in [0.717, 1.165) is 0 Å². The van der Waals surface area contributed by atoms with Gasteiger partial charge in [-0.15, -0.1) is 11.6 Å². The average Bonchev–Trinajstić information content (AvgIpc) is 2.31. The first-order chi connectivity index (χ1) is 7.71. The summed E-state index contributed by atoms with van der Waals surface area (Å²) in [7, 11) is 0. The van der Waals surface area contributed by atoms with Gasteiger partial charge in [-0.05, 0) is 25.1 Å². The number of nitriles is 1. The number of ether oxygens (including phenoxy) is 1. The van der Waals surface area contributed by atoms with Gasteiger partial charge < -0.3 is 10.5 Å². The SMILES string of the molecule is CCOc1ccc(N=C(N)CCl)cc1C#N. The van der Waals surface area contributed by atoms with E-state index in [-0.39, 0.29) is 5.88 Å². The first-order valence-corrected chi connectivity index (χ1v) is 5.30. The van der Waals surface area contributed by atoms with Crippen LogP contribution in [-0.4, -0.2) is 18.3 Å². The van der Waals surface area contributed by atoms with E-state index >= 15 is 0 Å². The molecule has 0 bridgehead atoms. The van der Waals surface area contributed by atoms with Gasteiger partial charge in [0.1, 0.15) is 17.7 Å². The van der Waals surface area contributed by atoms with Crippen LogP contribution in [0.4, 0.5) is 5.69 Å². The number of benzene rings is 1. The van der Waals surface area contributed by atoms with Crippen molar-refractivity contribution in [2.45, 2.75) is 6.92 Å². The molecule has 0 aromatic heterocycles. The van der Waals surface area contributed by atoms with Gasteiger partial charge in [0.05, 0.1) is 23.7 Å². The van der Waals surface area contributed by atoms with Gasteiger partial charge in [-0.2, -0.15) is 5.26 Å². The Morgan fingerprint density at radius 2 is 2.38 bits per heavy atom. The maximum Gasteiger partial charge on any atom is 0.137 e. The molecule has 16 heavy (non-hydrogen) atoms. The molecule has 0 radical (unpaired) electrons. The van der Waals surface area contributed by atoms with E-state index in [4.69, 9.17) is 27.3 Å². The molecule has 0 aliphatic carbocycles. The van der Waals surface area contributed by atoms with Crippen LogP contribution in [0.25, 0.3) is 0 Å².